The molecule has 0 spiro atoms. The number of nitrogens with zero attached hydrogens (tertiary/aromatic N) is 1. The number of sulfonamides is 1. The average Bonchev–Trinajstić information content (AvgIpc) is 2.84. The van der Waals surface area contributed by atoms with Gasteiger partial charge in [-0.15, -0.1) is 0 Å². The monoisotopic (exact) mass is 448 g/mol. The van der Waals surface area contributed by atoms with Crippen LogP contribution in [0.2, 0.25) is 0 Å². The molecule has 1 heterocycles. The second kappa shape index (κ2) is 9.67. The highest BCUT2D eigenvalue weighted by molar-refractivity contribution is 7.89. The third-order valence-corrected chi connectivity index (χ3v) is 8.03. The van der Waals surface area contributed by atoms with E-state index in [1.165, 1.54) is 12.1 Å². The predicted octanol–water partition coefficient (Wildman–Crippen LogP) is 4.77. The molecule has 0 radical (unpaired) electrons. The molecule has 1 aliphatic rings. The van der Waals surface area contributed by atoms with Crippen molar-refractivity contribution in [3.63, 3.8) is 0 Å². The van der Waals surface area contributed by atoms with Crippen LogP contribution in [0.5, 0.6) is 0 Å². The highest BCUT2D eigenvalue weighted by Crippen LogP contribution is 2.26. The SMILES string of the molecule is C[C@@H]1CCCCN1S(=O)(=O)c1ccc(C(=O)NC(c2ccccc2)c2ccccc2)cc1. The molecule has 1 atom stereocenters. The maximum Gasteiger partial charge on any atom is 0.252 e. The molecule has 166 valence electrons. The fraction of sp³-hybridized carbons (Fsp3) is 0.269. The van der Waals surface area contributed by atoms with Gasteiger partial charge in [-0.3, -0.25) is 4.79 Å². The molecule has 0 saturated carbocycles. The summed E-state index contributed by atoms with van der Waals surface area (Å²) in [5, 5.41) is 3.10. The zero-order valence-electron chi connectivity index (χ0n) is 18.1. The Morgan fingerprint density at radius 3 is 1.97 bits per heavy atom. The summed E-state index contributed by atoms with van der Waals surface area (Å²) in [7, 11) is -3.56. The molecule has 32 heavy (non-hydrogen) atoms. The number of carbonyl (C=O) groups excluding carboxylic acids is 1. The summed E-state index contributed by atoms with van der Waals surface area (Å²) in [5.74, 6) is -0.252. The summed E-state index contributed by atoms with van der Waals surface area (Å²) < 4.78 is 27.7. The molecule has 1 saturated heterocycles. The Hall–Kier alpha value is -2.96. The number of rotatable bonds is 6. The summed E-state index contributed by atoms with van der Waals surface area (Å²) in [5.41, 5.74) is 2.38. The molecule has 4 rings (SSSR count). The lowest BCUT2D eigenvalue weighted by Crippen LogP contribution is -2.41. The number of amides is 1. The van der Waals surface area contributed by atoms with Gasteiger partial charge in [-0.05, 0) is 55.2 Å². The van der Waals surface area contributed by atoms with E-state index in [0.29, 0.717) is 12.1 Å². The Morgan fingerprint density at radius 1 is 0.875 bits per heavy atom. The van der Waals surface area contributed by atoms with Crippen LogP contribution in [0.4, 0.5) is 0 Å². The molecule has 1 amide bonds. The van der Waals surface area contributed by atoms with Gasteiger partial charge in [0.25, 0.3) is 5.91 Å². The van der Waals surface area contributed by atoms with Crippen LogP contribution in [-0.4, -0.2) is 31.2 Å². The van der Waals surface area contributed by atoms with Crippen molar-refractivity contribution in [3.05, 3.63) is 102 Å². The van der Waals surface area contributed by atoms with E-state index < -0.39 is 10.0 Å². The van der Waals surface area contributed by atoms with Gasteiger partial charge in [0.05, 0.1) is 10.9 Å². The number of hydrogen-bond acceptors (Lipinski definition) is 3. The highest BCUT2D eigenvalue weighted by atomic mass is 32.2. The van der Waals surface area contributed by atoms with E-state index in [1.807, 2.05) is 67.6 Å². The molecule has 0 aliphatic carbocycles. The van der Waals surface area contributed by atoms with Crippen molar-refractivity contribution in [2.45, 2.75) is 43.2 Å². The van der Waals surface area contributed by atoms with E-state index in [1.54, 1.807) is 16.4 Å². The zero-order chi connectivity index (χ0) is 22.6. The minimum absolute atomic E-state index is 0.00534. The van der Waals surface area contributed by atoms with Crippen LogP contribution in [0, 0.1) is 0 Å². The Bertz CT molecular complexity index is 1110. The first-order valence-electron chi connectivity index (χ1n) is 11.0. The quantitative estimate of drug-likeness (QED) is 0.591. The lowest BCUT2D eigenvalue weighted by atomic mass is 9.98. The number of benzene rings is 3. The van der Waals surface area contributed by atoms with Crippen LogP contribution in [0.25, 0.3) is 0 Å². The summed E-state index contributed by atoms with van der Waals surface area (Å²) >= 11 is 0. The third-order valence-electron chi connectivity index (χ3n) is 6.01. The molecule has 0 aromatic heterocycles. The zero-order valence-corrected chi connectivity index (χ0v) is 19.0. The van der Waals surface area contributed by atoms with Crippen molar-refractivity contribution in [1.82, 2.24) is 9.62 Å². The van der Waals surface area contributed by atoms with Gasteiger partial charge in [-0.1, -0.05) is 67.1 Å². The molecule has 5 nitrogen and oxygen atoms in total. The van der Waals surface area contributed by atoms with Gasteiger partial charge in [0.1, 0.15) is 0 Å². The minimum atomic E-state index is -3.56. The molecule has 0 unspecified atom stereocenters. The van der Waals surface area contributed by atoms with Gasteiger partial charge in [-0.2, -0.15) is 4.31 Å². The second-order valence-electron chi connectivity index (χ2n) is 8.21. The van der Waals surface area contributed by atoms with Gasteiger partial charge in [0, 0.05) is 18.2 Å². The first kappa shape index (κ1) is 22.2. The van der Waals surface area contributed by atoms with E-state index in [2.05, 4.69) is 5.32 Å². The third kappa shape index (κ3) is 4.76. The van der Waals surface area contributed by atoms with Gasteiger partial charge in [0.2, 0.25) is 10.0 Å². The van der Waals surface area contributed by atoms with Crippen molar-refractivity contribution in [2.24, 2.45) is 0 Å². The second-order valence-corrected chi connectivity index (χ2v) is 10.1. The molecule has 3 aromatic carbocycles. The first-order chi connectivity index (χ1) is 15.5. The molecule has 0 bridgehead atoms. The van der Waals surface area contributed by atoms with Crippen molar-refractivity contribution in [1.29, 1.82) is 0 Å². The highest BCUT2D eigenvalue weighted by Gasteiger charge is 2.31. The smallest absolute Gasteiger partial charge is 0.252 e. The number of hydrogen-bond donors (Lipinski definition) is 1. The standard InChI is InChI=1S/C26H28N2O3S/c1-20-10-8-9-19-28(20)32(30,31)24-17-15-23(16-18-24)26(29)27-25(21-11-4-2-5-12-21)22-13-6-3-7-14-22/h2-7,11-18,20,25H,8-10,19H2,1H3,(H,27,29)/t20-/m1/s1. The Labute approximate surface area is 190 Å². The van der Waals surface area contributed by atoms with Gasteiger partial charge in [0.15, 0.2) is 0 Å². The normalized spacial score (nSPS) is 17.2. The predicted molar refractivity (Wildman–Crippen MR) is 126 cm³/mol. The molecule has 1 fully saturated rings. The summed E-state index contributed by atoms with van der Waals surface area (Å²) in [4.78, 5) is 13.3. The van der Waals surface area contributed by atoms with E-state index in [-0.39, 0.29) is 22.9 Å². The molecule has 1 N–H and O–H groups in total. The van der Waals surface area contributed by atoms with Crippen LogP contribution in [0.15, 0.2) is 89.8 Å². The Balaban J connectivity index is 1.55. The van der Waals surface area contributed by atoms with Crippen LogP contribution >= 0.6 is 0 Å². The number of nitrogens with one attached hydrogen (secondary N) is 1. The largest absolute Gasteiger partial charge is 0.341 e. The van der Waals surface area contributed by atoms with Gasteiger partial charge >= 0.3 is 0 Å². The molecule has 1 aliphatic heterocycles. The first-order valence-corrected chi connectivity index (χ1v) is 12.4. The molecular weight excluding hydrogens is 420 g/mol. The lowest BCUT2D eigenvalue weighted by Gasteiger charge is -2.32. The van der Waals surface area contributed by atoms with E-state index >= 15 is 0 Å². The lowest BCUT2D eigenvalue weighted by molar-refractivity contribution is 0.0943. The number of piperidine rings is 1. The van der Waals surface area contributed by atoms with Crippen molar-refractivity contribution < 1.29 is 13.2 Å². The minimum Gasteiger partial charge on any atom is -0.341 e. The van der Waals surface area contributed by atoms with Crippen molar-refractivity contribution in [3.8, 4) is 0 Å². The van der Waals surface area contributed by atoms with Crippen LogP contribution in [0.1, 0.15) is 53.7 Å². The van der Waals surface area contributed by atoms with Crippen molar-refractivity contribution in [2.75, 3.05) is 6.54 Å². The van der Waals surface area contributed by atoms with Crippen LogP contribution in [0.3, 0.4) is 0 Å². The topological polar surface area (TPSA) is 66.5 Å². The summed E-state index contributed by atoms with van der Waals surface area (Å²) in [6, 6.07) is 25.5. The summed E-state index contributed by atoms with van der Waals surface area (Å²) in [6.45, 7) is 2.49. The molecule has 6 heteroatoms. The van der Waals surface area contributed by atoms with E-state index in [4.69, 9.17) is 0 Å². The van der Waals surface area contributed by atoms with Gasteiger partial charge < -0.3 is 5.32 Å². The maximum atomic E-state index is 13.1. The maximum absolute atomic E-state index is 13.1. The van der Waals surface area contributed by atoms with Crippen molar-refractivity contribution >= 4 is 15.9 Å². The fourth-order valence-electron chi connectivity index (χ4n) is 4.21. The van der Waals surface area contributed by atoms with E-state index in [0.717, 1.165) is 30.4 Å². The van der Waals surface area contributed by atoms with E-state index in [9.17, 15) is 13.2 Å². The summed E-state index contributed by atoms with van der Waals surface area (Å²) in [6.07, 6.45) is 2.81. The van der Waals surface area contributed by atoms with Crippen LogP contribution < -0.4 is 5.32 Å². The Morgan fingerprint density at radius 2 is 1.44 bits per heavy atom. The molecule has 3 aromatic rings. The Kier molecular flexibility index (Phi) is 6.72. The average molecular weight is 449 g/mol. The molecular formula is C26H28N2O3S. The fourth-order valence-corrected chi connectivity index (χ4v) is 5.91. The van der Waals surface area contributed by atoms with Gasteiger partial charge in [-0.25, -0.2) is 8.42 Å². The number of carbonyl (C=O) groups is 1. The van der Waals surface area contributed by atoms with Crippen LogP contribution in [-0.2, 0) is 10.0 Å².